The predicted octanol–water partition coefficient (Wildman–Crippen LogP) is 2.27. The molecule has 2 rings (SSSR count). The zero-order valence-corrected chi connectivity index (χ0v) is 13.2. The maximum atomic E-state index is 11.9. The number of hydrogen-bond donors (Lipinski definition) is 3. The summed E-state index contributed by atoms with van der Waals surface area (Å²) in [6, 6.07) is 16.4. The molecule has 0 aliphatic carbocycles. The first-order valence-electron chi connectivity index (χ1n) is 7.56. The SMILES string of the molecule is COc1cccc(CCNC(=O)NC(CO)c2ccccc2)c1. The molecule has 0 radical (unpaired) electrons. The lowest BCUT2D eigenvalue weighted by Crippen LogP contribution is -2.40. The number of urea groups is 1. The Morgan fingerprint density at radius 2 is 1.96 bits per heavy atom. The molecule has 3 N–H and O–H groups in total. The third kappa shape index (κ3) is 5.30. The first kappa shape index (κ1) is 16.8. The third-order valence-corrected chi connectivity index (χ3v) is 3.52. The van der Waals surface area contributed by atoms with Gasteiger partial charge in [0.1, 0.15) is 5.75 Å². The first-order chi connectivity index (χ1) is 11.2. The van der Waals surface area contributed by atoms with Gasteiger partial charge in [-0.3, -0.25) is 0 Å². The molecule has 0 saturated heterocycles. The summed E-state index contributed by atoms with van der Waals surface area (Å²) in [5.74, 6) is 0.802. The second kappa shape index (κ2) is 8.80. The number of hydrogen-bond acceptors (Lipinski definition) is 3. The average molecular weight is 314 g/mol. The third-order valence-electron chi connectivity index (χ3n) is 3.52. The van der Waals surface area contributed by atoms with Crippen LogP contribution < -0.4 is 15.4 Å². The Bertz CT molecular complexity index is 617. The fraction of sp³-hybridized carbons (Fsp3) is 0.278. The van der Waals surface area contributed by atoms with Gasteiger partial charge in [-0.1, -0.05) is 42.5 Å². The van der Waals surface area contributed by atoms with Crippen molar-refractivity contribution in [1.29, 1.82) is 0 Å². The minimum Gasteiger partial charge on any atom is -0.497 e. The zero-order chi connectivity index (χ0) is 16.5. The average Bonchev–Trinajstić information content (AvgIpc) is 2.60. The highest BCUT2D eigenvalue weighted by Crippen LogP contribution is 2.13. The maximum Gasteiger partial charge on any atom is 0.315 e. The van der Waals surface area contributed by atoms with Crippen molar-refractivity contribution in [2.45, 2.75) is 12.5 Å². The molecule has 0 bridgehead atoms. The number of amides is 2. The Kier molecular flexibility index (Phi) is 6.44. The summed E-state index contributed by atoms with van der Waals surface area (Å²) in [5.41, 5.74) is 1.96. The van der Waals surface area contributed by atoms with Crippen LogP contribution in [0.4, 0.5) is 4.79 Å². The van der Waals surface area contributed by atoms with Crippen LogP contribution in [0.25, 0.3) is 0 Å². The smallest absolute Gasteiger partial charge is 0.315 e. The lowest BCUT2D eigenvalue weighted by atomic mass is 10.1. The summed E-state index contributed by atoms with van der Waals surface area (Å²) in [6.07, 6.45) is 0.708. The Balaban J connectivity index is 1.80. The molecule has 0 saturated carbocycles. The van der Waals surface area contributed by atoms with Gasteiger partial charge in [0.15, 0.2) is 0 Å². The molecule has 2 aromatic carbocycles. The van der Waals surface area contributed by atoms with Crippen LogP contribution in [-0.4, -0.2) is 31.4 Å². The Morgan fingerprint density at radius 1 is 1.17 bits per heavy atom. The molecule has 2 amide bonds. The fourth-order valence-electron chi connectivity index (χ4n) is 2.28. The van der Waals surface area contributed by atoms with Gasteiger partial charge in [0, 0.05) is 6.54 Å². The van der Waals surface area contributed by atoms with Gasteiger partial charge in [0.2, 0.25) is 0 Å². The second-order valence-electron chi connectivity index (χ2n) is 5.15. The van der Waals surface area contributed by atoms with E-state index in [-0.39, 0.29) is 12.6 Å². The number of nitrogens with one attached hydrogen (secondary N) is 2. The van der Waals surface area contributed by atoms with Gasteiger partial charge in [-0.2, -0.15) is 0 Å². The van der Waals surface area contributed by atoms with E-state index in [2.05, 4.69) is 10.6 Å². The normalized spacial score (nSPS) is 11.6. The van der Waals surface area contributed by atoms with Gasteiger partial charge in [-0.25, -0.2) is 4.79 Å². The monoisotopic (exact) mass is 314 g/mol. The number of aliphatic hydroxyl groups is 1. The number of aliphatic hydroxyl groups excluding tert-OH is 1. The highest BCUT2D eigenvalue weighted by atomic mass is 16.5. The van der Waals surface area contributed by atoms with Gasteiger partial charge in [-0.15, -0.1) is 0 Å². The number of carbonyl (C=O) groups excluding carboxylic acids is 1. The van der Waals surface area contributed by atoms with E-state index in [4.69, 9.17) is 4.74 Å². The summed E-state index contributed by atoms with van der Waals surface area (Å²) in [5, 5.41) is 15.0. The largest absolute Gasteiger partial charge is 0.497 e. The van der Waals surface area contributed by atoms with Crippen LogP contribution in [0.5, 0.6) is 5.75 Å². The molecule has 1 atom stereocenters. The minimum absolute atomic E-state index is 0.146. The number of methoxy groups -OCH3 is 1. The minimum atomic E-state index is -0.409. The van der Waals surface area contributed by atoms with Crippen molar-refractivity contribution in [2.24, 2.45) is 0 Å². The van der Waals surface area contributed by atoms with E-state index in [1.807, 2.05) is 54.6 Å². The molecule has 0 aliphatic heterocycles. The van der Waals surface area contributed by atoms with E-state index in [1.54, 1.807) is 7.11 Å². The van der Waals surface area contributed by atoms with Crippen molar-refractivity contribution in [3.63, 3.8) is 0 Å². The summed E-state index contributed by atoms with van der Waals surface area (Å²) >= 11 is 0. The standard InChI is InChI=1S/C18H22N2O3/c1-23-16-9-5-6-14(12-16)10-11-19-18(22)20-17(13-21)15-7-3-2-4-8-15/h2-9,12,17,21H,10-11,13H2,1H3,(H2,19,20,22). The van der Waals surface area contributed by atoms with Crippen LogP contribution >= 0.6 is 0 Å². The predicted molar refractivity (Wildman–Crippen MR) is 89.5 cm³/mol. The molecule has 5 nitrogen and oxygen atoms in total. The Labute approximate surface area is 136 Å². The number of benzene rings is 2. The number of rotatable bonds is 7. The maximum absolute atomic E-state index is 11.9. The summed E-state index contributed by atoms with van der Waals surface area (Å²) in [6.45, 7) is 0.360. The second-order valence-corrected chi connectivity index (χ2v) is 5.15. The molecule has 0 aliphatic rings. The first-order valence-corrected chi connectivity index (χ1v) is 7.56. The molecule has 122 valence electrons. The van der Waals surface area contributed by atoms with Crippen molar-refractivity contribution < 1.29 is 14.6 Å². The van der Waals surface area contributed by atoms with Gasteiger partial charge >= 0.3 is 6.03 Å². The zero-order valence-electron chi connectivity index (χ0n) is 13.2. The van der Waals surface area contributed by atoms with Crippen LogP contribution in [0.2, 0.25) is 0 Å². The van der Waals surface area contributed by atoms with Gasteiger partial charge in [0.05, 0.1) is 19.8 Å². The molecule has 1 unspecified atom stereocenters. The number of ether oxygens (including phenoxy) is 1. The van der Waals surface area contributed by atoms with E-state index in [9.17, 15) is 9.90 Å². The lowest BCUT2D eigenvalue weighted by Gasteiger charge is -2.17. The van der Waals surface area contributed by atoms with Gasteiger partial charge < -0.3 is 20.5 Å². The lowest BCUT2D eigenvalue weighted by molar-refractivity contribution is 0.217. The fourth-order valence-corrected chi connectivity index (χ4v) is 2.28. The van der Waals surface area contributed by atoms with Crippen LogP contribution in [0, 0.1) is 0 Å². The molecule has 0 heterocycles. The van der Waals surface area contributed by atoms with Crippen LogP contribution in [0.15, 0.2) is 54.6 Å². The van der Waals surface area contributed by atoms with E-state index in [0.717, 1.165) is 16.9 Å². The van der Waals surface area contributed by atoms with Gasteiger partial charge in [0.25, 0.3) is 0 Å². The Hall–Kier alpha value is -2.53. The molecular formula is C18H22N2O3. The highest BCUT2D eigenvalue weighted by Gasteiger charge is 2.12. The molecule has 0 fully saturated rings. The Morgan fingerprint density at radius 3 is 2.65 bits per heavy atom. The van der Waals surface area contributed by atoms with Crippen LogP contribution in [0.1, 0.15) is 17.2 Å². The molecule has 0 spiro atoms. The van der Waals surface area contributed by atoms with Crippen molar-refractivity contribution >= 4 is 6.03 Å². The topological polar surface area (TPSA) is 70.6 Å². The molecular weight excluding hydrogens is 292 g/mol. The summed E-state index contributed by atoms with van der Waals surface area (Å²) in [4.78, 5) is 11.9. The molecule has 0 aromatic heterocycles. The van der Waals surface area contributed by atoms with E-state index >= 15 is 0 Å². The van der Waals surface area contributed by atoms with E-state index in [1.165, 1.54) is 0 Å². The molecule has 2 aromatic rings. The molecule has 5 heteroatoms. The molecule has 23 heavy (non-hydrogen) atoms. The quantitative estimate of drug-likeness (QED) is 0.734. The van der Waals surface area contributed by atoms with Gasteiger partial charge in [-0.05, 0) is 29.7 Å². The van der Waals surface area contributed by atoms with Crippen molar-refractivity contribution in [1.82, 2.24) is 10.6 Å². The van der Waals surface area contributed by atoms with E-state index < -0.39 is 6.04 Å². The van der Waals surface area contributed by atoms with Crippen LogP contribution in [-0.2, 0) is 6.42 Å². The summed E-state index contributed by atoms with van der Waals surface area (Å²) in [7, 11) is 1.63. The van der Waals surface area contributed by atoms with Crippen molar-refractivity contribution in [3.05, 3.63) is 65.7 Å². The highest BCUT2D eigenvalue weighted by molar-refractivity contribution is 5.74. The number of carbonyl (C=O) groups is 1. The van der Waals surface area contributed by atoms with E-state index in [0.29, 0.717) is 13.0 Å². The van der Waals surface area contributed by atoms with Crippen molar-refractivity contribution in [2.75, 3.05) is 20.3 Å². The summed E-state index contributed by atoms with van der Waals surface area (Å²) < 4.78 is 5.17. The van der Waals surface area contributed by atoms with Crippen molar-refractivity contribution in [3.8, 4) is 5.75 Å². The van der Waals surface area contributed by atoms with Crippen LogP contribution in [0.3, 0.4) is 0 Å².